The van der Waals surface area contributed by atoms with Crippen LogP contribution >= 0.6 is 0 Å². The van der Waals surface area contributed by atoms with E-state index in [9.17, 15) is 45.6 Å². The summed E-state index contributed by atoms with van der Waals surface area (Å²) < 4.78 is 22.6. The minimum Gasteiger partial charge on any atom is -0.394 e. The van der Waals surface area contributed by atoms with Gasteiger partial charge < -0.3 is 65.1 Å². The van der Waals surface area contributed by atoms with Gasteiger partial charge >= 0.3 is 0 Å². The SMILES string of the molecule is CC/C=C\C/C=C\C/C=C\C/C=C\C/C=C\C/C=C\CCCCCCCCCCCCCCCCC(=O)NC(COC1OC(CO)C(OC2OC(CO)C(O)C(O)C2O)C(O)C1O)C(O)/C=C/CC/C=C/CCC. The highest BCUT2D eigenvalue weighted by atomic mass is 16.7. The first-order valence-corrected chi connectivity index (χ1v) is 28.5. The van der Waals surface area contributed by atoms with Crippen LogP contribution in [-0.4, -0.2) is 140 Å². The zero-order chi connectivity index (χ0) is 53.9. The summed E-state index contributed by atoms with van der Waals surface area (Å²) in [5.41, 5.74) is 0. The van der Waals surface area contributed by atoms with Crippen molar-refractivity contribution in [2.75, 3.05) is 19.8 Å². The molecule has 14 heteroatoms. The number of aliphatic hydroxyl groups is 8. The third-order valence-electron chi connectivity index (χ3n) is 13.2. The average Bonchev–Trinajstić information content (AvgIpc) is 3.40. The van der Waals surface area contributed by atoms with Gasteiger partial charge in [-0.2, -0.15) is 0 Å². The summed E-state index contributed by atoms with van der Waals surface area (Å²) in [7, 11) is 0. The Kier molecular flexibility index (Phi) is 40.7. The van der Waals surface area contributed by atoms with Crippen molar-refractivity contribution < 1.29 is 64.6 Å². The molecule has 2 aliphatic heterocycles. The number of hydrogen-bond donors (Lipinski definition) is 9. The van der Waals surface area contributed by atoms with Crippen molar-refractivity contribution in [2.45, 2.75) is 254 Å². The molecule has 2 rings (SSSR count). The molecule has 0 aromatic rings. The van der Waals surface area contributed by atoms with E-state index < -0.39 is 86.8 Å². The molecule has 12 unspecified atom stereocenters. The molecule has 1 amide bonds. The number of ether oxygens (including phenoxy) is 4. The maximum Gasteiger partial charge on any atom is 0.220 e. The number of nitrogens with one attached hydrogen (secondary N) is 1. The molecule has 9 N–H and O–H groups in total. The predicted molar refractivity (Wildman–Crippen MR) is 295 cm³/mol. The largest absolute Gasteiger partial charge is 0.394 e. The van der Waals surface area contributed by atoms with Crippen molar-refractivity contribution in [2.24, 2.45) is 0 Å². The fourth-order valence-electron chi connectivity index (χ4n) is 8.67. The zero-order valence-corrected chi connectivity index (χ0v) is 45.3. The molecular weight excluding hydrogens is 943 g/mol. The number of carbonyl (C=O) groups excluding carboxylic acids is 1. The summed E-state index contributed by atoms with van der Waals surface area (Å²) in [5.74, 6) is -0.259. The molecule has 0 aliphatic carbocycles. The van der Waals surface area contributed by atoms with Gasteiger partial charge in [0.2, 0.25) is 5.91 Å². The second kappa shape index (κ2) is 45.0. The predicted octanol–water partition coefficient (Wildman–Crippen LogP) is 9.10. The van der Waals surface area contributed by atoms with Gasteiger partial charge in [-0.3, -0.25) is 4.79 Å². The highest BCUT2D eigenvalue weighted by molar-refractivity contribution is 5.76. The quantitative estimate of drug-likeness (QED) is 0.0205. The molecule has 0 bridgehead atoms. The lowest BCUT2D eigenvalue weighted by Gasteiger charge is -2.46. The molecule has 14 nitrogen and oxygen atoms in total. The van der Waals surface area contributed by atoms with Gasteiger partial charge in [0.1, 0.15) is 48.8 Å². The Labute approximate surface area is 445 Å². The Morgan fingerprint density at radius 1 is 0.500 bits per heavy atom. The minimum absolute atomic E-state index is 0.259. The van der Waals surface area contributed by atoms with E-state index in [-0.39, 0.29) is 18.9 Å². The van der Waals surface area contributed by atoms with Crippen LogP contribution in [0.15, 0.2) is 97.2 Å². The second-order valence-corrected chi connectivity index (χ2v) is 19.7. The fourth-order valence-corrected chi connectivity index (χ4v) is 8.67. The van der Waals surface area contributed by atoms with Gasteiger partial charge in [-0.1, -0.05) is 195 Å². The van der Waals surface area contributed by atoms with Crippen molar-refractivity contribution >= 4 is 5.91 Å². The lowest BCUT2D eigenvalue weighted by molar-refractivity contribution is -0.359. The molecule has 2 fully saturated rings. The number of aliphatic hydroxyl groups excluding tert-OH is 8. The summed E-state index contributed by atoms with van der Waals surface area (Å²) >= 11 is 0. The average molecular weight is 1040 g/mol. The number of unbranched alkanes of at least 4 members (excludes halogenated alkanes) is 16. The molecule has 74 heavy (non-hydrogen) atoms. The van der Waals surface area contributed by atoms with E-state index in [1.54, 1.807) is 6.08 Å². The zero-order valence-electron chi connectivity index (χ0n) is 45.3. The standard InChI is InChI=1S/C60H101NO13/c1-3-5-7-9-11-12-13-14-15-16-17-18-19-20-21-22-23-24-25-26-27-28-29-30-31-32-33-34-35-36-38-40-42-44-52(65)61-48(49(64)43-41-39-37-10-8-6-4-2)47-71-59-57(70)55(68)58(51(46-63)73-59)74-60-56(69)54(67)53(66)50(45-62)72-60/h5,7-8,10-12,14-15,17-18,20-21,23-24,41,43,48-51,53-60,62-64,66-70H,3-4,6,9,13,16,19,22,25-40,42,44-47H2,1-2H3,(H,61,65)/b7-5-,10-8+,12-11-,15-14-,18-17-,21-20-,24-23-,43-41+. The summed E-state index contributed by atoms with van der Waals surface area (Å²) in [6.07, 6.45) is 45.1. The molecule has 0 aromatic carbocycles. The molecule has 424 valence electrons. The lowest BCUT2D eigenvalue weighted by atomic mass is 9.97. The van der Waals surface area contributed by atoms with E-state index in [2.05, 4.69) is 104 Å². The maximum atomic E-state index is 13.1. The Bertz CT molecular complexity index is 1610. The van der Waals surface area contributed by atoms with Gasteiger partial charge in [-0.05, 0) is 77.0 Å². The van der Waals surface area contributed by atoms with Crippen LogP contribution in [0, 0.1) is 0 Å². The molecular formula is C60H101NO13. The van der Waals surface area contributed by atoms with Crippen molar-refractivity contribution in [3.8, 4) is 0 Å². The molecule has 0 saturated carbocycles. The summed E-state index contributed by atoms with van der Waals surface area (Å²) in [6.45, 7) is 2.52. The van der Waals surface area contributed by atoms with Gasteiger partial charge in [-0.25, -0.2) is 0 Å². The maximum absolute atomic E-state index is 13.1. The molecule has 2 aliphatic rings. The summed E-state index contributed by atoms with van der Waals surface area (Å²) in [6, 6.07) is -0.933. The highest BCUT2D eigenvalue weighted by Crippen LogP contribution is 2.30. The fraction of sp³-hybridized carbons (Fsp3) is 0.717. The van der Waals surface area contributed by atoms with Gasteiger partial charge in [0, 0.05) is 6.42 Å². The van der Waals surface area contributed by atoms with Crippen LogP contribution in [0.25, 0.3) is 0 Å². The van der Waals surface area contributed by atoms with Crippen molar-refractivity contribution in [1.82, 2.24) is 5.32 Å². The third kappa shape index (κ3) is 30.6. The topological polar surface area (TPSA) is 228 Å². The Hall–Kier alpha value is -3.09. The normalized spacial score (nSPS) is 26.0. The first kappa shape index (κ1) is 67.0. The van der Waals surface area contributed by atoms with E-state index in [0.717, 1.165) is 77.0 Å². The third-order valence-corrected chi connectivity index (χ3v) is 13.2. The van der Waals surface area contributed by atoms with Crippen molar-refractivity contribution in [1.29, 1.82) is 0 Å². The first-order chi connectivity index (χ1) is 36.1. The van der Waals surface area contributed by atoms with Crippen LogP contribution in [0.2, 0.25) is 0 Å². The van der Waals surface area contributed by atoms with E-state index in [1.807, 2.05) is 6.08 Å². The smallest absolute Gasteiger partial charge is 0.220 e. The van der Waals surface area contributed by atoms with Gasteiger partial charge in [0.25, 0.3) is 0 Å². The van der Waals surface area contributed by atoms with Crippen LogP contribution in [0.1, 0.15) is 181 Å². The minimum atomic E-state index is -1.79. The first-order valence-electron chi connectivity index (χ1n) is 28.5. The summed E-state index contributed by atoms with van der Waals surface area (Å²) in [4.78, 5) is 13.1. The Morgan fingerprint density at radius 3 is 1.47 bits per heavy atom. The van der Waals surface area contributed by atoms with Crippen LogP contribution < -0.4 is 5.32 Å². The Morgan fingerprint density at radius 2 is 0.946 bits per heavy atom. The molecule has 0 spiro atoms. The molecule has 2 saturated heterocycles. The van der Waals surface area contributed by atoms with Crippen LogP contribution in [0.3, 0.4) is 0 Å². The van der Waals surface area contributed by atoms with E-state index in [1.165, 1.54) is 70.6 Å². The van der Waals surface area contributed by atoms with Gasteiger partial charge in [0.15, 0.2) is 12.6 Å². The molecule has 2 heterocycles. The molecule has 12 atom stereocenters. The van der Waals surface area contributed by atoms with E-state index in [0.29, 0.717) is 12.8 Å². The molecule has 0 radical (unpaired) electrons. The number of hydrogen-bond acceptors (Lipinski definition) is 13. The number of amides is 1. The number of allylic oxidation sites excluding steroid dienone is 15. The lowest BCUT2D eigenvalue weighted by Crippen LogP contribution is -2.65. The van der Waals surface area contributed by atoms with Crippen LogP contribution in [0.5, 0.6) is 0 Å². The molecule has 0 aromatic heterocycles. The second-order valence-electron chi connectivity index (χ2n) is 19.7. The van der Waals surface area contributed by atoms with Crippen molar-refractivity contribution in [3.05, 3.63) is 97.2 Å². The monoisotopic (exact) mass is 1040 g/mol. The van der Waals surface area contributed by atoms with Crippen LogP contribution in [0.4, 0.5) is 0 Å². The van der Waals surface area contributed by atoms with E-state index in [4.69, 9.17) is 18.9 Å². The summed E-state index contributed by atoms with van der Waals surface area (Å²) in [5, 5.41) is 86.5. The van der Waals surface area contributed by atoms with Crippen LogP contribution in [-0.2, 0) is 23.7 Å². The Balaban J connectivity index is 1.60. The van der Waals surface area contributed by atoms with E-state index >= 15 is 0 Å². The van der Waals surface area contributed by atoms with Gasteiger partial charge in [0.05, 0.1) is 32.0 Å². The van der Waals surface area contributed by atoms with Crippen molar-refractivity contribution in [3.63, 3.8) is 0 Å². The highest BCUT2D eigenvalue weighted by Gasteiger charge is 2.51. The number of rotatable bonds is 43. The number of carbonyl (C=O) groups is 1. The van der Waals surface area contributed by atoms with Gasteiger partial charge in [-0.15, -0.1) is 0 Å².